The first-order valence-corrected chi connectivity index (χ1v) is 8.49. The third-order valence-corrected chi connectivity index (χ3v) is 5.51. The van der Waals surface area contributed by atoms with Crippen LogP contribution >= 0.6 is 11.3 Å². The van der Waals surface area contributed by atoms with Crippen LogP contribution in [0.2, 0.25) is 0 Å². The molecule has 1 N–H and O–H groups in total. The lowest BCUT2D eigenvalue weighted by Gasteiger charge is -2.19. The Morgan fingerprint density at radius 1 is 1.26 bits per heavy atom. The maximum Gasteiger partial charge on any atom is 0.200 e. The van der Waals surface area contributed by atoms with Gasteiger partial charge in [-0.05, 0) is 17.7 Å². The van der Waals surface area contributed by atoms with Crippen molar-refractivity contribution in [2.45, 2.75) is 13.0 Å². The summed E-state index contributed by atoms with van der Waals surface area (Å²) in [5.41, 5.74) is 3.10. The van der Waals surface area contributed by atoms with Gasteiger partial charge in [0.2, 0.25) is 5.82 Å². The van der Waals surface area contributed by atoms with E-state index >= 15 is 0 Å². The van der Waals surface area contributed by atoms with Crippen LogP contribution < -0.4 is 4.90 Å². The van der Waals surface area contributed by atoms with E-state index in [9.17, 15) is 0 Å². The molecule has 5 heterocycles. The van der Waals surface area contributed by atoms with Crippen molar-refractivity contribution in [3.05, 3.63) is 41.2 Å². The molecule has 23 heavy (non-hydrogen) atoms. The fraction of sp³-hybridized carbons (Fsp3) is 0.250. The summed E-state index contributed by atoms with van der Waals surface area (Å²) in [4.78, 5) is 17.8. The van der Waals surface area contributed by atoms with Crippen molar-refractivity contribution in [2.24, 2.45) is 0 Å². The Morgan fingerprint density at radius 2 is 2.22 bits per heavy atom. The SMILES string of the molecule is C[NH+]1CCc2c(sc3ncn4nc(-c5ccccn5)nc4c23)C1. The van der Waals surface area contributed by atoms with Gasteiger partial charge in [-0.25, -0.2) is 14.5 Å². The summed E-state index contributed by atoms with van der Waals surface area (Å²) in [5, 5.41) is 5.73. The predicted molar refractivity (Wildman–Crippen MR) is 88.6 cm³/mol. The molecule has 114 valence electrons. The van der Waals surface area contributed by atoms with Gasteiger partial charge in [0, 0.05) is 12.6 Å². The number of pyridine rings is 1. The molecule has 1 aliphatic heterocycles. The molecule has 1 aliphatic rings. The van der Waals surface area contributed by atoms with Crippen LogP contribution in [0.5, 0.6) is 0 Å². The average Bonchev–Trinajstić information content (AvgIpc) is 3.15. The third kappa shape index (κ3) is 1.97. The van der Waals surface area contributed by atoms with Gasteiger partial charge in [0.1, 0.15) is 23.4 Å². The second-order valence-corrected chi connectivity index (χ2v) is 7.06. The molecule has 0 amide bonds. The molecular formula is C16H15N6S+. The van der Waals surface area contributed by atoms with Gasteiger partial charge in [-0.1, -0.05) is 6.07 Å². The lowest BCUT2D eigenvalue weighted by molar-refractivity contribution is -0.895. The largest absolute Gasteiger partial charge is 0.333 e. The summed E-state index contributed by atoms with van der Waals surface area (Å²) >= 11 is 1.79. The molecule has 0 aliphatic carbocycles. The number of nitrogens with zero attached hydrogens (tertiary/aromatic N) is 5. The van der Waals surface area contributed by atoms with Crippen molar-refractivity contribution < 1.29 is 4.90 Å². The quantitative estimate of drug-likeness (QED) is 0.567. The summed E-state index contributed by atoms with van der Waals surface area (Å²) < 4.78 is 1.78. The van der Waals surface area contributed by atoms with Gasteiger partial charge in [0.15, 0.2) is 5.65 Å². The third-order valence-electron chi connectivity index (χ3n) is 4.37. The van der Waals surface area contributed by atoms with Gasteiger partial charge < -0.3 is 4.90 Å². The van der Waals surface area contributed by atoms with Gasteiger partial charge in [-0.15, -0.1) is 16.4 Å². The monoisotopic (exact) mass is 323 g/mol. The lowest BCUT2D eigenvalue weighted by Crippen LogP contribution is -3.08. The number of hydrogen-bond acceptors (Lipinski definition) is 5. The number of aromatic nitrogens is 5. The highest BCUT2D eigenvalue weighted by molar-refractivity contribution is 7.19. The molecule has 0 saturated heterocycles. The minimum Gasteiger partial charge on any atom is -0.333 e. The van der Waals surface area contributed by atoms with E-state index < -0.39 is 0 Å². The number of rotatable bonds is 1. The molecule has 0 fully saturated rings. The van der Waals surface area contributed by atoms with Crippen LogP contribution in [0.3, 0.4) is 0 Å². The Bertz CT molecular complexity index is 1020. The first-order valence-electron chi connectivity index (χ1n) is 7.68. The molecule has 4 aromatic rings. The van der Waals surface area contributed by atoms with E-state index in [2.05, 4.69) is 22.1 Å². The number of likely N-dealkylation sites (N-methyl/N-ethyl adjacent to an activating group) is 1. The number of hydrogen-bond donors (Lipinski definition) is 1. The highest BCUT2D eigenvalue weighted by Gasteiger charge is 2.24. The molecule has 0 aromatic carbocycles. The first-order chi connectivity index (χ1) is 11.3. The molecular weight excluding hydrogens is 308 g/mol. The second kappa shape index (κ2) is 4.81. The molecule has 4 aromatic heterocycles. The van der Waals surface area contributed by atoms with E-state index in [1.54, 1.807) is 33.3 Å². The van der Waals surface area contributed by atoms with Crippen LogP contribution in [-0.2, 0) is 13.0 Å². The zero-order valence-electron chi connectivity index (χ0n) is 12.7. The Labute approximate surface area is 136 Å². The van der Waals surface area contributed by atoms with Crippen molar-refractivity contribution in [1.29, 1.82) is 0 Å². The van der Waals surface area contributed by atoms with Gasteiger partial charge in [-0.2, -0.15) is 0 Å². The minimum atomic E-state index is 0.651. The minimum absolute atomic E-state index is 0.651. The van der Waals surface area contributed by atoms with Crippen LogP contribution in [-0.4, -0.2) is 38.2 Å². The van der Waals surface area contributed by atoms with Crippen LogP contribution in [0, 0.1) is 0 Å². The maximum atomic E-state index is 4.76. The fourth-order valence-electron chi connectivity index (χ4n) is 3.21. The van der Waals surface area contributed by atoms with E-state index in [1.807, 2.05) is 18.2 Å². The van der Waals surface area contributed by atoms with E-state index in [0.717, 1.165) is 35.7 Å². The molecule has 6 nitrogen and oxygen atoms in total. The summed E-state index contributed by atoms with van der Waals surface area (Å²) in [6.45, 7) is 2.23. The fourth-order valence-corrected chi connectivity index (χ4v) is 4.51. The second-order valence-electron chi connectivity index (χ2n) is 5.98. The Balaban J connectivity index is 1.78. The summed E-state index contributed by atoms with van der Waals surface area (Å²) in [6.07, 6.45) is 4.60. The van der Waals surface area contributed by atoms with E-state index in [1.165, 1.54) is 15.8 Å². The normalized spacial score (nSPS) is 17.7. The molecule has 5 rings (SSSR count). The smallest absolute Gasteiger partial charge is 0.200 e. The van der Waals surface area contributed by atoms with Crippen LogP contribution in [0.4, 0.5) is 0 Å². The standard InChI is InChI=1S/C16H14N6S/c1-21-7-5-10-12(8-21)23-16-13(10)15-19-14(20-22(15)9-18-16)11-4-2-3-6-17-11/h2-4,6,9H,5,7-8H2,1H3/p+1. The van der Waals surface area contributed by atoms with Gasteiger partial charge in [0.25, 0.3) is 0 Å². The maximum absolute atomic E-state index is 4.76. The van der Waals surface area contributed by atoms with Gasteiger partial charge >= 0.3 is 0 Å². The number of nitrogens with one attached hydrogen (secondary N) is 1. The Morgan fingerprint density at radius 3 is 3.09 bits per heavy atom. The molecule has 0 saturated carbocycles. The van der Waals surface area contributed by atoms with Gasteiger partial charge in [-0.3, -0.25) is 4.98 Å². The first kappa shape index (κ1) is 13.1. The molecule has 7 heteroatoms. The highest BCUT2D eigenvalue weighted by Crippen LogP contribution is 2.33. The number of quaternary nitrogens is 1. The summed E-state index contributed by atoms with van der Waals surface area (Å²) in [7, 11) is 2.24. The topological polar surface area (TPSA) is 60.4 Å². The van der Waals surface area contributed by atoms with Crippen molar-refractivity contribution in [2.75, 3.05) is 13.6 Å². The predicted octanol–water partition coefficient (Wildman–Crippen LogP) is 0.972. The van der Waals surface area contributed by atoms with Crippen molar-refractivity contribution in [1.82, 2.24) is 24.6 Å². The van der Waals surface area contributed by atoms with E-state index in [4.69, 9.17) is 4.98 Å². The van der Waals surface area contributed by atoms with Crippen molar-refractivity contribution in [3.8, 4) is 11.5 Å². The van der Waals surface area contributed by atoms with Crippen LogP contribution in [0.1, 0.15) is 10.4 Å². The van der Waals surface area contributed by atoms with Crippen molar-refractivity contribution in [3.63, 3.8) is 0 Å². The van der Waals surface area contributed by atoms with Crippen LogP contribution in [0.25, 0.3) is 27.4 Å². The lowest BCUT2D eigenvalue weighted by atomic mass is 10.1. The highest BCUT2D eigenvalue weighted by atomic mass is 32.1. The molecule has 1 atom stereocenters. The number of fused-ring (bicyclic) bond motifs is 5. The summed E-state index contributed by atoms with van der Waals surface area (Å²) in [5.74, 6) is 0.651. The Hall–Kier alpha value is -2.38. The van der Waals surface area contributed by atoms with Crippen LogP contribution in [0.15, 0.2) is 30.7 Å². The molecule has 1 unspecified atom stereocenters. The zero-order chi connectivity index (χ0) is 15.4. The molecule has 0 spiro atoms. The molecule has 0 radical (unpaired) electrons. The van der Waals surface area contributed by atoms with Crippen molar-refractivity contribution >= 4 is 27.2 Å². The molecule has 0 bridgehead atoms. The average molecular weight is 323 g/mol. The summed E-state index contributed by atoms with van der Waals surface area (Å²) in [6, 6.07) is 5.78. The number of thiophene rings is 1. The van der Waals surface area contributed by atoms with E-state index in [0.29, 0.717) is 5.82 Å². The van der Waals surface area contributed by atoms with E-state index in [-0.39, 0.29) is 0 Å². The van der Waals surface area contributed by atoms with Gasteiger partial charge in [0.05, 0.1) is 23.9 Å². The Kier molecular flexibility index (Phi) is 2.74. The zero-order valence-corrected chi connectivity index (χ0v) is 13.5.